The first-order valence-electron chi connectivity index (χ1n) is 7.56. The maximum Gasteiger partial charge on any atom is 0.234 e. The van der Waals surface area contributed by atoms with Crippen LogP contribution in [0.5, 0.6) is 0 Å². The molecule has 0 bridgehead atoms. The zero-order valence-electron chi connectivity index (χ0n) is 12.7. The monoisotopic (exact) mass is 284 g/mol. The molecule has 0 aromatic rings. The Morgan fingerprint density at radius 1 is 1.25 bits per heavy atom. The highest BCUT2D eigenvalue weighted by atomic mass is 16.2. The first kappa shape index (κ1) is 16.9. The molecule has 3 N–H and O–H groups in total. The minimum Gasteiger partial charge on any atom is -0.355 e. The van der Waals surface area contributed by atoms with Gasteiger partial charge in [0.2, 0.25) is 11.8 Å². The molecular weight excluding hydrogens is 256 g/mol. The van der Waals surface area contributed by atoms with Crippen molar-refractivity contribution >= 4 is 11.8 Å². The molecule has 0 spiro atoms. The second-order valence-corrected chi connectivity index (χ2v) is 5.43. The van der Waals surface area contributed by atoms with Gasteiger partial charge in [-0.25, -0.2) is 0 Å². The Morgan fingerprint density at radius 3 is 2.45 bits per heavy atom. The number of carbonyl (C=O) groups excluding carboxylic acids is 2. The third kappa shape index (κ3) is 5.46. The highest BCUT2D eigenvalue weighted by Gasteiger charge is 2.25. The molecule has 1 fully saturated rings. The fraction of sp³-hybridized carbons (Fsp3) is 0.857. The topological polar surface area (TPSA) is 78.7 Å². The standard InChI is InChI=1S/C14H28N4O2/c1-3-6-16-13(19)11-17-7-9-18(10-8-17)14(20)12(2)4-5-15/h12H,3-11,15H2,1-2H3,(H,16,19). The van der Waals surface area contributed by atoms with E-state index in [2.05, 4.69) is 10.2 Å². The number of carbonyl (C=O) groups is 2. The van der Waals surface area contributed by atoms with Crippen LogP contribution in [-0.4, -0.2) is 67.4 Å². The summed E-state index contributed by atoms with van der Waals surface area (Å²) in [5.74, 6) is 0.257. The van der Waals surface area contributed by atoms with Crippen molar-refractivity contribution in [2.24, 2.45) is 11.7 Å². The van der Waals surface area contributed by atoms with Gasteiger partial charge < -0.3 is 16.0 Å². The van der Waals surface area contributed by atoms with Crippen LogP contribution in [0.1, 0.15) is 26.7 Å². The molecule has 0 aliphatic carbocycles. The van der Waals surface area contributed by atoms with Crippen LogP contribution in [0.2, 0.25) is 0 Å². The molecule has 1 aliphatic heterocycles. The number of hydrogen-bond acceptors (Lipinski definition) is 4. The van der Waals surface area contributed by atoms with E-state index < -0.39 is 0 Å². The average molecular weight is 284 g/mol. The van der Waals surface area contributed by atoms with Gasteiger partial charge in [-0.2, -0.15) is 0 Å². The van der Waals surface area contributed by atoms with Crippen LogP contribution in [0.3, 0.4) is 0 Å². The van der Waals surface area contributed by atoms with Gasteiger partial charge >= 0.3 is 0 Å². The quantitative estimate of drug-likeness (QED) is 0.669. The predicted octanol–water partition coefficient (Wildman–Crippen LogP) is -0.358. The van der Waals surface area contributed by atoms with E-state index in [0.29, 0.717) is 26.2 Å². The van der Waals surface area contributed by atoms with Crippen molar-refractivity contribution in [2.45, 2.75) is 26.7 Å². The number of nitrogens with two attached hydrogens (primary N) is 1. The zero-order valence-corrected chi connectivity index (χ0v) is 12.7. The van der Waals surface area contributed by atoms with Crippen LogP contribution in [0.25, 0.3) is 0 Å². The van der Waals surface area contributed by atoms with Gasteiger partial charge in [0.15, 0.2) is 0 Å². The maximum atomic E-state index is 12.1. The molecule has 1 rings (SSSR count). The Bertz CT molecular complexity index is 314. The normalized spacial score (nSPS) is 17.9. The van der Waals surface area contributed by atoms with Gasteiger partial charge in [0.25, 0.3) is 0 Å². The van der Waals surface area contributed by atoms with Crippen LogP contribution in [0, 0.1) is 5.92 Å². The number of piperazine rings is 1. The number of nitrogens with zero attached hydrogens (tertiary/aromatic N) is 2. The summed E-state index contributed by atoms with van der Waals surface area (Å²) in [5.41, 5.74) is 5.49. The molecule has 0 aromatic carbocycles. The van der Waals surface area contributed by atoms with Crippen molar-refractivity contribution in [3.8, 4) is 0 Å². The summed E-state index contributed by atoms with van der Waals surface area (Å²) in [6.07, 6.45) is 1.69. The van der Waals surface area contributed by atoms with E-state index in [-0.39, 0.29) is 17.7 Å². The van der Waals surface area contributed by atoms with Gasteiger partial charge in [-0.1, -0.05) is 13.8 Å². The lowest BCUT2D eigenvalue weighted by atomic mass is 10.1. The third-order valence-electron chi connectivity index (χ3n) is 3.64. The van der Waals surface area contributed by atoms with Gasteiger partial charge in [-0.3, -0.25) is 14.5 Å². The van der Waals surface area contributed by atoms with Crippen molar-refractivity contribution in [3.63, 3.8) is 0 Å². The van der Waals surface area contributed by atoms with Gasteiger partial charge in [0, 0.05) is 38.6 Å². The second-order valence-electron chi connectivity index (χ2n) is 5.43. The van der Waals surface area contributed by atoms with Gasteiger partial charge in [-0.05, 0) is 19.4 Å². The molecule has 1 aliphatic rings. The molecule has 0 aromatic heterocycles. The molecule has 1 heterocycles. The molecule has 0 saturated carbocycles. The SMILES string of the molecule is CCCNC(=O)CN1CCN(C(=O)C(C)CCN)CC1. The summed E-state index contributed by atoms with van der Waals surface area (Å²) in [5, 5.41) is 2.87. The van der Waals surface area contributed by atoms with Crippen molar-refractivity contribution in [2.75, 3.05) is 45.8 Å². The maximum absolute atomic E-state index is 12.1. The van der Waals surface area contributed by atoms with Crippen molar-refractivity contribution < 1.29 is 9.59 Å². The Hall–Kier alpha value is -1.14. The van der Waals surface area contributed by atoms with E-state index in [4.69, 9.17) is 5.73 Å². The smallest absolute Gasteiger partial charge is 0.234 e. The van der Waals surface area contributed by atoms with E-state index >= 15 is 0 Å². The van der Waals surface area contributed by atoms with E-state index in [9.17, 15) is 9.59 Å². The molecule has 1 atom stereocenters. The molecule has 116 valence electrons. The molecule has 6 nitrogen and oxygen atoms in total. The fourth-order valence-electron chi connectivity index (χ4n) is 2.33. The Labute approximate surface area is 121 Å². The number of amides is 2. The predicted molar refractivity (Wildman–Crippen MR) is 79.2 cm³/mol. The Balaban J connectivity index is 2.29. The van der Waals surface area contributed by atoms with Gasteiger partial charge in [0.05, 0.1) is 6.54 Å². The summed E-state index contributed by atoms with van der Waals surface area (Å²) >= 11 is 0. The zero-order chi connectivity index (χ0) is 15.0. The summed E-state index contributed by atoms with van der Waals surface area (Å²) in [6.45, 7) is 8.61. The average Bonchev–Trinajstić information content (AvgIpc) is 2.45. The van der Waals surface area contributed by atoms with E-state index in [0.717, 1.165) is 32.5 Å². The van der Waals surface area contributed by atoms with E-state index in [1.165, 1.54) is 0 Å². The lowest BCUT2D eigenvalue weighted by molar-refractivity contribution is -0.137. The first-order chi connectivity index (χ1) is 9.58. The molecule has 2 amide bonds. The minimum atomic E-state index is -0.000553. The van der Waals surface area contributed by atoms with E-state index in [1.807, 2.05) is 18.7 Å². The van der Waals surface area contributed by atoms with Gasteiger partial charge in [-0.15, -0.1) is 0 Å². The van der Waals surface area contributed by atoms with Crippen molar-refractivity contribution in [3.05, 3.63) is 0 Å². The third-order valence-corrected chi connectivity index (χ3v) is 3.64. The Kier molecular flexibility index (Phi) is 7.54. The van der Waals surface area contributed by atoms with Crippen LogP contribution in [0.15, 0.2) is 0 Å². The second kappa shape index (κ2) is 8.92. The lowest BCUT2D eigenvalue weighted by Gasteiger charge is -2.35. The molecule has 0 radical (unpaired) electrons. The molecule has 1 saturated heterocycles. The van der Waals surface area contributed by atoms with Crippen molar-refractivity contribution in [1.29, 1.82) is 0 Å². The highest BCUT2D eigenvalue weighted by molar-refractivity contribution is 5.79. The van der Waals surface area contributed by atoms with Gasteiger partial charge in [0.1, 0.15) is 0 Å². The number of rotatable bonds is 7. The largest absolute Gasteiger partial charge is 0.355 e. The van der Waals surface area contributed by atoms with Crippen LogP contribution >= 0.6 is 0 Å². The summed E-state index contributed by atoms with van der Waals surface area (Å²) in [6, 6.07) is 0. The summed E-state index contributed by atoms with van der Waals surface area (Å²) in [7, 11) is 0. The summed E-state index contributed by atoms with van der Waals surface area (Å²) < 4.78 is 0. The molecule has 6 heteroatoms. The van der Waals surface area contributed by atoms with Crippen LogP contribution < -0.4 is 11.1 Å². The molecular formula is C14H28N4O2. The Morgan fingerprint density at radius 2 is 1.90 bits per heavy atom. The van der Waals surface area contributed by atoms with Crippen LogP contribution in [-0.2, 0) is 9.59 Å². The minimum absolute atomic E-state index is 0.000553. The van der Waals surface area contributed by atoms with Crippen LogP contribution in [0.4, 0.5) is 0 Å². The van der Waals surface area contributed by atoms with Crippen molar-refractivity contribution in [1.82, 2.24) is 15.1 Å². The summed E-state index contributed by atoms with van der Waals surface area (Å²) in [4.78, 5) is 27.8. The highest BCUT2D eigenvalue weighted by Crippen LogP contribution is 2.09. The fourth-order valence-corrected chi connectivity index (χ4v) is 2.33. The first-order valence-corrected chi connectivity index (χ1v) is 7.56. The lowest BCUT2D eigenvalue weighted by Crippen LogP contribution is -2.52. The number of nitrogens with one attached hydrogen (secondary N) is 1. The van der Waals surface area contributed by atoms with E-state index in [1.54, 1.807) is 0 Å². The number of hydrogen-bond donors (Lipinski definition) is 2. The molecule has 1 unspecified atom stereocenters. The molecule has 20 heavy (non-hydrogen) atoms.